The van der Waals surface area contributed by atoms with E-state index in [0.29, 0.717) is 24.1 Å². The van der Waals surface area contributed by atoms with Gasteiger partial charge in [-0.25, -0.2) is 4.98 Å². The number of pyridine rings is 1. The standard InChI is InChI=1S/C12H19ClN2O/c1-12(2,3)4-5-16-11-6-9(7-14)10(13)8-15-11/h6,8H,4-5,7,14H2,1-3H3. The predicted molar refractivity (Wildman–Crippen MR) is 66.7 cm³/mol. The van der Waals surface area contributed by atoms with Gasteiger partial charge in [0.1, 0.15) is 0 Å². The molecule has 0 saturated carbocycles. The first-order valence-electron chi connectivity index (χ1n) is 5.39. The Bertz CT molecular complexity index is 347. The van der Waals surface area contributed by atoms with Crippen LogP contribution in [0.4, 0.5) is 0 Å². The molecular weight excluding hydrogens is 224 g/mol. The van der Waals surface area contributed by atoms with Gasteiger partial charge < -0.3 is 10.5 Å². The number of halogens is 1. The van der Waals surface area contributed by atoms with E-state index < -0.39 is 0 Å². The van der Waals surface area contributed by atoms with Crippen molar-refractivity contribution in [3.8, 4) is 5.88 Å². The second-order valence-corrected chi connectivity index (χ2v) is 5.38. The molecule has 4 heteroatoms. The molecule has 3 nitrogen and oxygen atoms in total. The molecule has 0 fully saturated rings. The zero-order valence-electron chi connectivity index (χ0n) is 10.1. The molecule has 0 amide bonds. The molecule has 0 atom stereocenters. The molecule has 1 aromatic rings. The zero-order chi connectivity index (χ0) is 12.2. The Balaban J connectivity index is 2.55. The van der Waals surface area contributed by atoms with Gasteiger partial charge in [0.2, 0.25) is 5.88 Å². The third-order valence-electron chi connectivity index (χ3n) is 2.23. The summed E-state index contributed by atoms with van der Waals surface area (Å²) in [6.07, 6.45) is 2.56. The summed E-state index contributed by atoms with van der Waals surface area (Å²) in [7, 11) is 0. The summed E-state index contributed by atoms with van der Waals surface area (Å²) >= 11 is 5.90. The third kappa shape index (κ3) is 4.37. The highest BCUT2D eigenvalue weighted by molar-refractivity contribution is 6.31. The van der Waals surface area contributed by atoms with Crippen molar-refractivity contribution in [2.45, 2.75) is 33.7 Å². The smallest absolute Gasteiger partial charge is 0.213 e. The van der Waals surface area contributed by atoms with E-state index in [1.54, 1.807) is 12.3 Å². The SMILES string of the molecule is CC(C)(C)CCOc1cc(CN)c(Cl)cn1. The maximum absolute atomic E-state index is 5.90. The van der Waals surface area contributed by atoms with E-state index in [1.165, 1.54) is 0 Å². The summed E-state index contributed by atoms with van der Waals surface area (Å²) in [6.45, 7) is 7.59. The Hall–Kier alpha value is -0.800. The van der Waals surface area contributed by atoms with Gasteiger partial charge in [-0.15, -0.1) is 0 Å². The molecule has 1 aromatic heterocycles. The molecule has 0 saturated heterocycles. The first kappa shape index (κ1) is 13.3. The molecule has 1 rings (SSSR count). The van der Waals surface area contributed by atoms with Gasteiger partial charge >= 0.3 is 0 Å². The van der Waals surface area contributed by atoms with Crippen LogP contribution in [-0.4, -0.2) is 11.6 Å². The molecule has 2 N–H and O–H groups in total. The highest BCUT2D eigenvalue weighted by Gasteiger charge is 2.10. The highest BCUT2D eigenvalue weighted by Crippen LogP contribution is 2.21. The zero-order valence-corrected chi connectivity index (χ0v) is 10.8. The van der Waals surface area contributed by atoms with Crippen molar-refractivity contribution in [2.24, 2.45) is 11.1 Å². The number of nitrogens with zero attached hydrogens (tertiary/aromatic N) is 1. The predicted octanol–water partition coefficient (Wildman–Crippen LogP) is 3.01. The lowest BCUT2D eigenvalue weighted by Crippen LogP contribution is -2.11. The molecule has 1 heterocycles. The average molecular weight is 243 g/mol. The molecule has 0 spiro atoms. The van der Waals surface area contributed by atoms with E-state index in [4.69, 9.17) is 22.1 Å². The van der Waals surface area contributed by atoms with Gasteiger partial charge in [0, 0.05) is 18.8 Å². The molecule has 0 radical (unpaired) electrons. The van der Waals surface area contributed by atoms with Crippen molar-refractivity contribution in [3.05, 3.63) is 22.8 Å². The summed E-state index contributed by atoms with van der Waals surface area (Å²) in [5, 5.41) is 0.589. The maximum Gasteiger partial charge on any atom is 0.213 e. The second-order valence-electron chi connectivity index (χ2n) is 4.98. The summed E-state index contributed by atoms with van der Waals surface area (Å²) in [4.78, 5) is 4.10. The number of rotatable bonds is 4. The molecule has 0 unspecified atom stereocenters. The van der Waals surface area contributed by atoms with Crippen LogP contribution < -0.4 is 10.5 Å². The highest BCUT2D eigenvalue weighted by atomic mass is 35.5. The number of aromatic nitrogens is 1. The van der Waals surface area contributed by atoms with Crippen LogP contribution in [0.15, 0.2) is 12.3 Å². The van der Waals surface area contributed by atoms with Crippen molar-refractivity contribution in [1.29, 1.82) is 0 Å². The number of hydrogen-bond donors (Lipinski definition) is 1. The second kappa shape index (κ2) is 5.51. The molecule has 0 aliphatic heterocycles. The van der Waals surface area contributed by atoms with Crippen LogP contribution >= 0.6 is 11.6 Å². The lowest BCUT2D eigenvalue weighted by Gasteiger charge is -2.17. The molecule has 0 aliphatic rings. The van der Waals surface area contributed by atoms with Crippen LogP contribution in [0, 0.1) is 5.41 Å². The van der Waals surface area contributed by atoms with Gasteiger partial charge in [-0.05, 0) is 17.4 Å². The Labute approximate surface area is 102 Å². The lowest BCUT2D eigenvalue weighted by atomic mass is 9.93. The fourth-order valence-corrected chi connectivity index (χ4v) is 1.34. The Morgan fingerprint density at radius 1 is 1.44 bits per heavy atom. The molecule has 0 bridgehead atoms. The number of ether oxygens (including phenoxy) is 1. The van der Waals surface area contributed by atoms with E-state index in [9.17, 15) is 0 Å². The first-order valence-corrected chi connectivity index (χ1v) is 5.77. The lowest BCUT2D eigenvalue weighted by molar-refractivity contribution is 0.236. The van der Waals surface area contributed by atoms with Crippen LogP contribution in [0.3, 0.4) is 0 Å². The van der Waals surface area contributed by atoms with Crippen molar-refractivity contribution >= 4 is 11.6 Å². The van der Waals surface area contributed by atoms with E-state index in [2.05, 4.69) is 25.8 Å². The monoisotopic (exact) mass is 242 g/mol. The van der Waals surface area contributed by atoms with E-state index in [-0.39, 0.29) is 5.41 Å². The molecule has 90 valence electrons. The Kier molecular flexibility index (Phi) is 4.56. The van der Waals surface area contributed by atoms with Crippen LogP contribution in [0.2, 0.25) is 5.02 Å². The van der Waals surface area contributed by atoms with Crippen molar-refractivity contribution in [2.75, 3.05) is 6.61 Å². The third-order valence-corrected chi connectivity index (χ3v) is 2.57. The van der Waals surface area contributed by atoms with Gasteiger partial charge in [-0.2, -0.15) is 0 Å². The Morgan fingerprint density at radius 3 is 2.69 bits per heavy atom. The fourth-order valence-electron chi connectivity index (χ4n) is 1.16. The quantitative estimate of drug-likeness (QED) is 0.883. The topological polar surface area (TPSA) is 48.1 Å². The summed E-state index contributed by atoms with van der Waals surface area (Å²) in [6, 6.07) is 1.80. The van der Waals surface area contributed by atoms with Crippen LogP contribution in [0.5, 0.6) is 5.88 Å². The minimum atomic E-state index is 0.267. The van der Waals surface area contributed by atoms with E-state index >= 15 is 0 Å². The summed E-state index contributed by atoms with van der Waals surface area (Å²) in [5.41, 5.74) is 6.68. The largest absolute Gasteiger partial charge is 0.478 e. The van der Waals surface area contributed by atoms with Crippen LogP contribution in [0.25, 0.3) is 0 Å². The fraction of sp³-hybridized carbons (Fsp3) is 0.583. The summed E-state index contributed by atoms with van der Waals surface area (Å²) in [5.74, 6) is 0.592. The van der Waals surface area contributed by atoms with Crippen molar-refractivity contribution < 1.29 is 4.74 Å². The first-order chi connectivity index (χ1) is 7.42. The van der Waals surface area contributed by atoms with Crippen LogP contribution in [0.1, 0.15) is 32.8 Å². The maximum atomic E-state index is 5.90. The van der Waals surface area contributed by atoms with E-state index in [1.807, 2.05) is 0 Å². The Morgan fingerprint density at radius 2 is 2.12 bits per heavy atom. The van der Waals surface area contributed by atoms with E-state index in [0.717, 1.165) is 12.0 Å². The minimum absolute atomic E-state index is 0.267. The van der Waals surface area contributed by atoms with Gasteiger partial charge in [-0.1, -0.05) is 32.4 Å². The average Bonchev–Trinajstić information content (AvgIpc) is 2.18. The van der Waals surface area contributed by atoms with Gasteiger partial charge in [0.25, 0.3) is 0 Å². The van der Waals surface area contributed by atoms with Gasteiger partial charge in [0.05, 0.1) is 11.6 Å². The van der Waals surface area contributed by atoms with Crippen LogP contribution in [-0.2, 0) is 6.54 Å². The van der Waals surface area contributed by atoms with Gasteiger partial charge in [-0.3, -0.25) is 0 Å². The van der Waals surface area contributed by atoms with Crippen molar-refractivity contribution in [1.82, 2.24) is 4.98 Å². The minimum Gasteiger partial charge on any atom is -0.478 e. The molecule has 0 aliphatic carbocycles. The molecule has 0 aromatic carbocycles. The summed E-state index contributed by atoms with van der Waals surface area (Å²) < 4.78 is 5.55. The normalized spacial score (nSPS) is 11.6. The number of hydrogen-bond acceptors (Lipinski definition) is 3. The molecular formula is C12H19ClN2O. The number of nitrogens with two attached hydrogens (primary N) is 1. The van der Waals surface area contributed by atoms with Gasteiger partial charge in [0.15, 0.2) is 0 Å². The molecule has 16 heavy (non-hydrogen) atoms. The van der Waals surface area contributed by atoms with Crippen molar-refractivity contribution in [3.63, 3.8) is 0 Å².